The number of alkyl halides is 3. The van der Waals surface area contributed by atoms with E-state index in [-0.39, 0.29) is 12.1 Å². The minimum absolute atomic E-state index is 0.0398. The van der Waals surface area contributed by atoms with Gasteiger partial charge in [0.15, 0.2) is 5.69 Å². The highest BCUT2D eigenvalue weighted by Gasteiger charge is 2.26. The zero-order valence-corrected chi connectivity index (χ0v) is 11.9. The van der Waals surface area contributed by atoms with Crippen molar-refractivity contribution in [1.29, 1.82) is 5.26 Å². The van der Waals surface area contributed by atoms with Crippen LogP contribution in [0.3, 0.4) is 0 Å². The molecule has 0 bridgehead atoms. The molecule has 3 rings (SSSR count). The number of hydrogen-bond acceptors (Lipinski definition) is 3. The number of aromatic amines is 1. The molecule has 0 saturated heterocycles. The van der Waals surface area contributed by atoms with Gasteiger partial charge in [-0.1, -0.05) is 11.3 Å². The number of aromatic nitrogens is 4. The van der Waals surface area contributed by atoms with Crippen molar-refractivity contribution in [3.05, 3.63) is 36.2 Å². The Balaban J connectivity index is 1.85. The van der Waals surface area contributed by atoms with Crippen LogP contribution in [0, 0.1) is 11.3 Å². The smallest absolute Gasteiger partial charge is 0.347 e. The van der Waals surface area contributed by atoms with Gasteiger partial charge in [-0.3, -0.25) is 5.10 Å². The van der Waals surface area contributed by atoms with E-state index in [0.717, 1.165) is 16.5 Å². The van der Waals surface area contributed by atoms with Gasteiger partial charge in [-0.15, -0.1) is 5.10 Å². The molecule has 0 aliphatic heterocycles. The van der Waals surface area contributed by atoms with Crippen LogP contribution in [0.2, 0.25) is 0 Å². The summed E-state index contributed by atoms with van der Waals surface area (Å²) in [4.78, 5) is 0. The standard InChI is InChI=1S/C15H12F3N5/c16-15(17,18)5-1-6-23-7-4-10-8-11(2-3-13(10)23)14-12(9-19)20-22-21-14/h2-4,7-8H,1,5-6H2,(H,20,21,22). The Morgan fingerprint density at radius 3 is 2.83 bits per heavy atom. The highest BCUT2D eigenvalue weighted by molar-refractivity contribution is 5.85. The Kier molecular flexibility index (Phi) is 3.78. The number of hydrogen-bond donors (Lipinski definition) is 1. The van der Waals surface area contributed by atoms with Crippen LogP contribution in [-0.2, 0) is 6.54 Å². The van der Waals surface area contributed by atoms with Gasteiger partial charge in [-0.25, -0.2) is 0 Å². The minimum Gasteiger partial charge on any atom is -0.347 e. The minimum atomic E-state index is -4.13. The molecule has 23 heavy (non-hydrogen) atoms. The summed E-state index contributed by atoms with van der Waals surface area (Å²) in [6.07, 6.45) is -3.12. The number of fused-ring (bicyclic) bond motifs is 1. The molecular weight excluding hydrogens is 307 g/mol. The fourth-order valence-electron chi connectivity index (χ4n) is 2.51. The molecular formula is C15H12F3N5. The van der Waals surface area contributed by atoms with Crippen LogP contribution in [-0.4, -0.2) is 26.2 Å². The normalized spacial score (nSPS) is 11.7. The lowest BCUT2D eigenvalue weighted by Crippen LogP contribution is -2.08. The van der Waals surface area contributed by atoms with Gasteiger partial charge >= 0.3 is 6.18 Å². The molecule has 0 aliphatic carbocycles. The summed E-state index contributed by atoms with van der Waals surface area (Å²) < 4.78 is 38.5. The van der Waals surface area contributed by atoms with Gasteiger partial charge in [0.05, 0.1) is 0 Å². The average Bonchev–Trinajstić information content (AvgIpc) is 3.12. The van der Waals surface area contributed by atoms with Crippen molar-refractivity contribution < 1.29 is 13.2 Å². The van der Waals surface area contributed by atoms with E-state index in [0.29, 0.717) is 12.2 Å². The van der Waals surface area contributed by atoms with E-state index in [1.54, 1.807) is 16.8 Å². The first-order valence-electron chi connectivity index (χ1n) is 6.95. The monoisotopic (exact) mass is 319 g/mol. The van der Waals surface area contributed by atoms with Crippen LogP contribution in [0.5, 0.6) is 0 Å². The number of nitrogens with one attached hydrogen (secondary N) is 1. The van der Waals surface area contributed by atoms with Gasteiger partial charge in [-0.2, -0.15) is 18.4 Å². The quantitative estimate of drug-likeness (QED) is 0.798. The van der Waals surface area contributed by atoms with Crippen LogP contribution in [0.4, 0.5) is 13.2 Å². The molecule has 0 aliphatic rings. The van der Waals surface area contributed by atoms with Crippen LogP contribution < -0.4 is 0 Å². The van der Waals surface area contributed by atoms with E-state index in [1.165, 1.54) is 0 Å². The number of nitrogens with zero attached hydrogens (tertiary/aromatic N) is 4. The lowest BCUT2D eigenvalue weighted by Gasteiger charge is -2.08. The van der Waals surface area contributed by atoms with Crippen LogP contribution in [0.1, 0.15) is 18.5 Å². The largest absolute Gasteiger partial charge is 0.389 e. The first-order valence-corrected chi connectivity index (χ1v) is 6.95. The summed E-state index contributed by atoms with van der Waals surface area (Å²) in [5, 5.41) is 19.8. The molecule has 0 saturated carbocycles. The zero-order valence-electron chi connectivity index (χ0n) is 11.9. The second kappa shape index (κ2) is 5.76. The fraction of sp³-hybridized carbons (Fsp3) is 0.267. The van der Waals surface area contributed by atoms with Gasteiger partial charge in [-0.05, 0) is 24.6 Å². The van der Waals surface area contributed by atoms with Crippen molar-refractivity contribution in [3.8, 4) is 17.3 Å². The van der Waals surface area contributed by atoms with Gasteiger partial charge in [0, 0.05) is 35.6 Å². The summed E-state index contributed by atoms with van der Waals surface area (Å²) in [6, 6.07) is 9.25. The molecule has 0 amide bonds. The number of nitriles is 1. The molecule has 0 spiro atoms. The Morgan fingerprint density at radius 2 is 2.09 bits per heavy atom. The zero-order chi connectivity index (χ0) is 16.4. The Hall–Kier alpha value is -2.82. The van der Waals surface area contributed by atoms with Crippen molar-refractivity contribution >= 4 is 10.9 Å². The molecule has 2 aromatic heterocycles. The van der Waals surface area contributed by atoms with Gasteiger partial charge in [0.1, 0.15) is 11.8 Å². The van der Waals surface area contributed by atoms with Crippen molar-refractivity contribution in [3.63, 3.8) is 0 Å². The van der Waals surface area contributed by atoms with E-state index < -0.39 is 12.6 Å². The van der Waals surface area contributed by atoms with Crippen LogP contribution >= 0.6 is 0 Å². The van der Waals surface area contributed by atoms with E-state index in [4.69, 9.17) is 5.26 Å². The predicted molar refractivity (Wildman–Crippen MR) is 77.3 cm³/mol. The summed E-state index contributed by atoms with van der Waals surface area (Å²) in [5.74, 6) is 0. The summed E-state index contributed by atoms with van der Waals surface area (Å²) in [7, 11) is 0. The number of aryl methyl sites for hydroxylation is 1. The third-order valence-corrected chi connectivity index (χ3v) is 3.57. The molecule has 0 unspecified atom stereocenters. The molecule has 5 nitrogen and oxygen atoms in total. The van der Waals surface area contributed by atoms with E-state index in [2.05, 4.69) is 15.4 Å². The van der Waals surface area contributed by atoms with Crippen molar-refractivity contribution in [2.24, 2.45) is 0 Å². The van der Waals surface area contributed by atoms with Gasteiger partial charge in [0.2, 0.25) is 0 Å². The average molecular weight is 319 g/mol. The first-order chi connectivity index (χ1) is 11.0. The number of benzene rings is 1. The number of halogens is 3. The molecule has 8 heteroatoms. The van der Waals surface area contributed by atoms with E-state index in [9.17, 15) is 13.2 Å². The molecule has 0 radical (unpaired) electrons. The van der Waals surface area contributed by atoms with Gasteiger partial charge in [0.25, 0.3) is 0 Å². The lowest BCUT2D eigenvalue weighted by atomic mass is 10.1. The van der Waals surface area contributed by atoms with Crippen LogP contribution in [0.25, 0.3) is 22.2 Å². The summed E-state index contributed by atoms with van der Waals surface area (Å²) in [5.41, 5.74) is 2.34. The first kappa shape index (κ1) is 15.1. The Morgan fingerprint density at radius 1 is 1.26 bits per heavy atom. The lowest BCUT2D eigenvalue weighted by molar-refractivity contribution is -0.135. The van der Waals surface area contributed by atoms with Crippen molar-refractivity contribution in [2.45, 2.75) is 25.6 Å². The molecule has 0 fully saturated rings. The van der Waals surface area contributed by atoms with Crippen molar-refractivity contribution in [1.82, 2.24) is 20.0 Å². The number of H-pyrrole nitrogens is 1. The molecule has 3 aromatic rings. The van der Waals surface area contributed by atoms with Crippen molar-refractivity contribution in [2.75, 3.05) is 0 Å². The van der Waals surface area contributed by atoms with Crippen LogP contribution in [0.15, 0.2) is 30.5 Å². The SMILES string of the molecule is N#Cc1nn[nH]c1-c1ccc2c(ccn2CCCC(F)(F)F)c1. The molecule has 2 heterocycles. The third kappa shape index (κ3) is 3.18. The highest BCUT2D eigenvalue weighted by atomic mass is 19.4. The fourth-order valence-corrected chi connectivity index (χ4v) is 2.51. The Labute approximate surface area is 129 Å². The summed E-state index contributed by atoms with van der Waals surface area (Å²) in [6.45, 7) is 0.303. The maximum atomic E-state index is 12.2. The topological polar surface area (TPSA) is 70.3 Å². The maximum Gasteiger partial charge on any atom is 0.389 e. The molecule has 1 N–H and O–H groups in total. The predicted octanol–water partition coefficient (Wildman–Crippen LogP) is 3.64. The highest BCUT2D eigenvalue weighted by Crippen LogP contribution is 2.26. The molecule has 118 valence electrons. The van der Waals surface area contributed by atoms with Gasteiger partial charge < -0.3 is 4.57 Å². The Bertz CT molecular complexity index is 869. The maximum absolute atomic E-state index is 12.2. The second-order valence-corrected chi connectivity index (χ2v) is 5.15. The van der Waals surface area contributed by atoms with E-state index in [1.807, 2.05) is 24.3 Å². The second-order valence-electron chi connectivity index (χ2n) is 5.15. The number of rotatable bonds is 4. The molecule has 0 atom stereocenters. The van der Waals surface area contributed by atoms with E-state index >= 15 is 0 Å². The summed E-state index contributed by atoms with van der Waals surface area (Å²) >= 11 is 0. The molecule has 1 aromatic carbocycles. The third-order valence-electron chi connectivity index (χ3n) is 3.57.